The number of amides is 1. The predicted molar refractivity (Wildman–Crippen MR) is 152 cm³/mol. The number of aliphatic imine (C=N–C) groups is 1. The number of carbonyl (C=O) groups excluding carboxylic acids is 1. The van der Waals surface area contributed by atoms with Gasteiger partial charge in [-0.1, -0.05) is 6.92 Å². The molecule has 1 atom stereocenters. The summed E-state index contributed by atoms with van der Waals surface area (Å²) < 4.78 is 42.0. The molecule has 0 aromatic carbocycles. The molecule has 2 aromatic rings. The largest absolute Gasteiger partial charge is 0.477 e. The van der Waals surface area contributed by atoms with Crippen LogP contribution in [0.1, 0.15) is 56.8 Å². The normalized spacial score (nSPS) is 23.9. The van der Waals surface area contributed by atoms with Crippen LogP contribution in [0.3, 0.4) is 0 Å². The second-order valence-corrected chi connectivity index (χ2v) is 13.4. The first-order valence-electron chi connectivity index (χ1n) is 13.8. The predicted octanol–water partition coefficient (Wildman–Crippen LogP) is 2.49. The fourth-order valence-electron chi connectivity index (χ4n) is 5.23. The first-order chi connectivity index (χ1) is 19.5. The van der Waals surface area contributed by atoms with Gasteiger partial charge in [0.05, 0.1) is 24.9 Å². The Labute approximate surface area is 239 Å². The summed E-state index contributed by atoms with van der Waals surface area (Å²) >= 11 is 0. The molecule has 216 valence electrons. The lowest BCUT2D eigenvalue weighted by atomic mass is 10.0. The zero-order valence-corrected chi connectivity index (χ0v) is 24.2. The maximum atomic E-state index is 13.5. The Hall–Kier alpha value is -3.80. The monoisotopic (exact) mass is 580 g/mol. The molecular formula is C28H34N7O5S+. The topological polar surface area (TPSA) is 140 Å². The Bertz CT molecular complexity index is 1550. The van der Waals surface area contributed by atoms with Crippen molar-refractivity contribution in [2.75, 3.05) is 31.2 Å². The summed E-state index contributed by atoms with van der Waals surface area (Å²) in [4.78, 5) is 24.5. The quantitative estimate of drug-likeness (QED) is 0.511. The Morgan fingerprint density at radius 3 is 2.85 bits per heavy atom. The lowest BCUT2D eigenvalue weighted by Crippen LogP contribution is -2.42. The van der Waals surface area contributed by atoms with E-state index in [0.717, 1.165) is 6.42 Å². The molecule has 4 aliphatic rings. The van der Waals surface area contributed by atoms with Crippen LogP contribution in [-0.4, -0.2) is 72.1 Å². The summed E-state index contributed by atoms with van der Waals surface area (Å²) in [5.74, 6) is 0.746. The van der Waals surface area contributed by atoms with E-state index in [-0.39, 0.29) is 22.5 Å². The number of allylic oxidation sites excluding steroid dienone is 2. The van der Waals surface area contributed by atoms with Gasteiger partial charge in [0.2, 0.25) is 5.88 Å². The van der Waals surface area contributed by atoms with Gasteiger partial charge in [0, 0.05) is 30.9 Å². The van der Waals surface area contributed by atoms with E-state index < -0.39 is 21.5 Å². The molecule has 12 nitrogen and oxygen atoms in total. The van der Waals surface area contributed by atoms with Crippen LogP contribution in [0, 0.1) is 11.5 Å². The highest BCUT2D eigenvalue weighted by atomic mass is 32.2. The van der Waals surface area contributed by atoms with Crippen molar-refractivity contribution in [2.45, 2.75) is 58.1 Å². The number of pyridine rings is 1. The summed E-state index contributed by atoms with van der Waals surface area (Å²) in [5.41, 5.74) is 0.0765. The zero-order chi connectivity index (χ0) is 28.8. The first kappa shape index (κ1) is 27.4. The summed E-state index contributed by atoms with van der Waals surface area (Å²) in [7, 11) is -4.27. The first-order valence-corrected chi connectivity index (χ1v) is 15.3. The number of nitrogens with one attached hydrogen (secondary N) is 2. The molecule has 1 amide bonds. The average Bonchev–Trinajstić information content (AvgIpc) is 3.33. The van der Waals surface area contributed by atoms with Crippen molar-refractivity contribution in [3.05, 3.63) is 54.0 Å². The fourth-order valence-corrected chi connectivity index (χ4v) is 6.15. The summed E-state index contributed by atoms with van der Waals surface area (Å²) in [5, 5.41) is 7.27. The number of aromatic nitrogens is 3. The minimum absolute atomic E-state index is 0.114. The third kappa shape index (κ3) is 5.83. The molecule has 1 saturated carbocycles. The van der Waals surface area contributed by atoms with Crippen molar-refractivity contribution in [1.29, 1.82) is 0 Å². The molecule has 1 unspecified atom stereocenters. The average molecular weight is 581 g/mol. The smallest absolute Gasteiger partial charge is 0.301 e. The second kappa shape index (κ2) is 10.2. The Kier molecular flexibility index (Phi) is 6.83. The highest BCUT2D eigenvalue weighted by Gasteiger charge is 2.42. The van der Waals surface area contributed by atoms with E-state index in [1.54, 1.807) is 29.1 Å². The highest BCUT2D eigenvalue weighted by Crippen LogP contribution is 2.48. The van der Waals surface area contributed by atoms with Gasteiger partial charge in [0.25, 0.3) is 16.8 Å². The Morgan fingerprint density at radius 1 is 1.22 bits per heavy atom. The van der Waals surface area contributed by atoms with E-state index >= 15 is 0 Å². The van der Waals surface area contributed by atoms with E-state index in [4.69, 9.17) is 14.5 Å². The minimum atomic E-state index is -4.27. The molecular weight excluding hydrogens is 546 g/mol. The maximum absolute atomic E-state index is 13.5. The molecule has 1 saturated heterocycles. The third-order valence-corrected chi connectivity index (χ3v) is 9.21. The van der Waals surface area contributed by atoms with Gasteiger partial charge in [0.1, 0.15) is 18.0 Å². The third-order valence-electron chi connectivity index (χ3n) is 7.98. The van der Waals surface area contributed by atoms with Crippen LogP contribution >= 0.6 is 0 Å². The van der Waals surface area contributed by atoms with Crippen LogP contribution < -0.4 is 19.7 Å². The zero-order valence-electron chi connectivity index (χ0n) is 23.4. The summed E-state index contributed by atoms with van der Waals surface area (Å²) in [6.07, 6.45) is 11.4. The highest BCUT2D eigenvalue weighted by molar-refractivity contribution is 8.05. The van der Waals surface area contributed by atoms with Gasteiger partial charge in [-0.3, -0.25) is 4.79 Å². The van der Waals surface area contributed by atoms with Crippen LogP contribution in [-0.2, 0) is 14.8 Å². The van der Waals surface area contributed by atoms with E-state index in [1.165, 1.54) is 25.0 Å². The minimum Gasteiger partial charge on any atom is -0.477 e. The summed E-state index contributed by atoms with van der Waals surface area (Å²) in [6, 6.07) is 4.98. The number of rotatable bonds is 5. The van der Waals surface area contributed by atoms with Crippen molar-refractivity contribution >= 4 is 26.8 Å². The van der Waals surface area contributed by atoms with Crippen LogP contribution in [0.2, 0.25) is 0 Å². The van der Waals surface area contributed by atoms with Gasteiger partial charge in [0.15, 0.2) is 11.9 Å². The van der Waals surface area contributed by atoms with Gasteiger partial charge in [-0.05, 0) is 57.1 Å². The van der Waals surface area contributed by atoms with E-state index in [9.17, 15) is 13.2 Å². The van der Waals surface area contributed by atoms with Crippen molar-refractivity contribution in [2.24, 2.45) is 10.4 Å². The molecule has 3 aliphatic heterocycles. The fraction of sp³-hybridized carbons (Fsp3) is 0.500. The van der Waals surface area contributed by atoms with Crippen LogP contribution in [0.15, 0.2) is 47.4 Å². The van der Waals surface area contributed by atoms with Crippen molar-refractivity contribution < 1.29 is 22.7 Å². The number of carbonyl (C=O) groups is 1. The van der Waals surface area contributed by atoms with Gasteiger partial charge in [-0.15, -0.1) is 5.10 Å². The molecule has 2 fully saturated rings. The molecule has 6 rings (SSSR count). The number of fused-ring (bicyclic) bond motifs is 5. The standard InChI is InChI=1S/C28H33N7O5S/c1-27(2)17-19-18-34(27)25-20(26(36)33-41(37,38)24-6-4-5-21(30-24)29-13-16-39-19)7-8-22(31-25)35-14-9-23(32-35)40-15-12-28(3)10-11-28/h4,6-9,14,19H,10-13,15-18H2,1-3H3,(H-,29,30,33,36)/p+1. The molecule has 0 spiro atoms. The van der Waals surface area contributed by atoms with Gasteiger partial charge in [-0.2, -0.15) is 13.4 Å². The van der Waals surface area contributed by atoms with Crippen LogP contribution in [0.4, 0.5) is 5.82 Å². The number of anilines is 1. The van der Waals surface area contributed by atoms with E-state index in [1.807, 2.05) is 4.90 Å². The van der Waals surface area contributed by atoms with Crippen LogP contribution in [0.25, 0.3) is 5.82 Å². The van der Waals surface area contributed by atoms with Gasteiger partial charge in [-0.25, -0.2) is 14.4 Å². The molecule has 5 heterocycles. The number of hydrogen-bond acceptors (Lipinski definition) is 10. The molecule has 13 heteroatoms. The van der Waals surface area contributed by atoms with Crippen molar-refractivity contribution in [1.82, 2.24) is 24.8 Å². The number of nitrogens with zero attached hydrogens (tertiary/aromatic N) is 5. The molecule has 2 aromatic heterocycles. The Morgan fingerprint density at radius 2 is 2.05 bits per heavy atom. The van der Waals surface area contributed by atoms with Crippen LogP contribution in [0.5, 0.6) is 5.88 Å². The van der Waals surface area contributed by atoms with Gasteiger partial charge < -0.3 is 19.7 Å². The molecule has 41 heavy (non-hydrogen) atoms. The molecule has 1 aliphatic carbocycles. The van der Waals surface area contributed by atoms with Crippen molar-refractivity contribution in [3.63, 3.8) is 0 Å². The molecule has 0 radical (unpaired) electrons. The maximum Gasteiger partial charge on any atom is 0.301 e. The molecule has 2 N–H and O–H groups in total. The van der Waals surface area contributed by atoms with Crippen molar-refractivity contribution in [3.8, 4) is 11.7 Å². The Balaban J connectivity index is 1.34. The van der Waals surface area contributed by atoms with E-state index in [2.05, 4.69) is 47.0 Å². The van der Waals surface area contributed by atoms with Gasteiger partial charge >= 0.3 is 10.0 Å². The lowest BCUT2D eigenvalue weighted by Gasteiger charge is -2.33. The van der Waals surface area contributed by atoms with E-state index in [0.29, 0.717) is 55.7 Å². The second-order valence-electron chi connectivity index (χ2n) is 11.8. The SMILES string of the molecule is CC1(CCOc2ccn(-c3ccc4c(n3)N3CC(CC3(C)C)OCCNC3=[C+]C=CC(=N3)S(=O)(=O)NC4=O)n2)CC1. The number of sulfonamides is 1. The summed E-state index contributed by atoms with van der Waals surface area (Å²) in [6.45, 7) is 8.22. The lowest BCUT2D eigenvalue weighted by molar-refractivity contribution is 0.0664. The number of ether oxygens (including phenoxy) is 2. The number of hydrogen-bond donors (Lipinski definition) is 2. The molecule has 4 bridgehead atoms.